The first-order valence-electron chi connectivity index (χ1n) is 8.40. The summed E-state index contributed by atoms with van der Waals surface area (Å²) in [5, 5.41) is 3.37. The molecule has 0 saturated heterocycles. The Morgan fingerprint density at radius 3 is 2.60 bits per heavy atom. The van der Waals surface area contributed by atoms with Crippen LogP contribution in [0.1, 0.15) is 36.2 Å². The summed E-state index contributed by atoms with van der Waals surface area (Å²) in [5.41, 5.74) is 1.71. The minimum absolute atomic E-state index is 0.0454. The van der Waals surface area contributed by atoms with Crippen LogP contribution in [0.2, 0.25) is 5.02 Å². The Hall–Kier alpha value is -2.20. The molecule has 1 unspecified atom stereocenters. The Morgan fingerprint density at radius 2 is 1.96 bits per heavy atom. The Bertz CT molecular complexity index is 704. The van der Waals surface area contributed by atoms with Gasteiger partial charge in [0.05, 0.1) is 18.7 Å². The van der Waals surface area contributed by atoms with Crippen LogP contribution >= 0.6 is 11.6 Å². The summed E-state index contributed by atoms with van der Waals surface area (Å²) in [4.78, 5) is 12.5. The van der Waals surface area contributed by atoms with Crippen molar-refractivity contribution < 1.29 is 14.3 Å². The van der Waals surface area contributed by atoms with Gasteiger partial charge in [0.25, 0.3) is 5.91 Å². The minimum Gasteiger partial charge on any atom is -0.493 e. The van der Waals surface area contributed by atoms with Crippen molar-refractivity contribution in [3.63, 3.8) is 0 Å². The van der Waals surface area contributed by atoms with Crippen molar-refractivity contribution in [2.24, 2.45) is 0 Å². The molecule has 2 aromatic carbocycles. The van der Waals surface area contributed by atoms with Crippen LogP contribution < -0.4 is 14.8 Å². The number of nitrogens with one attached hydrogen (secondary N) is 1. The van der Waals surface area contributed by atoms with E-state index >= 15 is 0 Å². The summed E-state index contributed by atoms with van der Waals surface area (Å²) < 4.78 is 10.8. The second kappa shape index (κ2) is 9.33. The second-order valence-electron chi connectivity index (χ2n) is 5.82. The van der Waals surface area contributed by atoms with Crippen LogP contribution in [0, 0.1) is 0 Å². The first-order valence-corrected chi connectivity index (χ1v) is 8.78. The third kappa shape index (κ3) is 5.40. The van der Waals surface area contributed by atoms with Crippen molar-refractivity contribution in [3.8, 4) is 11.5 Å². The smallest absolute Gasteiger partial charge is 0.251 e. The minimum atomic E-state index is -0.177. The zero-order valence-electron chi connectivity index (χ0n) is 14.8. The van der Waals surface area contributed by atoms with Gasteiger partial charge in [-0.05, 0) is 44.4 Å². The summed E-state index contributed by atoms with van der Waals surface area (Å²) in [6.07, 6.45) is 1.77. The van der Waals surface area contributed by atoms with E-state index in [4.69, 9.17) is 21.1 Å². The van der Waals surface area contributed by atoms with Gasteiger partial charge in [-0.1, -0.05) is 41.9 Å². The number of benzene rings is 2. The highest BCUT2D eigenvalue weighted by Gasteiger charge is 2.17. The Morgan fingerprint density at radius 1 is 1.24 bits per heavy atom. The van der Waals surface area contributed by atoms with E-state index < -0.39 is 0 Å². The maximum absolute atomic E-state index is 12.5. The second-order valence-corrected chi connectivity index (χ2v) is 6.23. The molecular formula is C20H24ClNO3. The fraction of sp³-hybridized carbons (Fsp3) is 0.350. The Labute approximate surface area is 154 Å². The summed E-state index contributed by atoms with van der Waals surface area (Å²) in [6, 6.07) is 13.5. The van der Waals surface area contributed by atoms with Gasteiger partial charge in [0.1, 0.15) is 0 Å². The lowest BCUT2D eigenvalue weighted by Crippen LogP contribution is -2.32. The van der Waals surface area contributed by atoms with Gasteiger partial charge in [0.2, 0.25) is 0 Å². The van der Waals surface area contributed by atoms with E-state index in [0.717, 1.165) is 12.8 Å². The molecule has 0 fully saturated rings. The van der Waals surface area contributed by atoms with E-state index in [1.54, 1.807) is 12.1 Å². The molecule has 1 atom stereocenters. The number of rotatable bonds is 8. The van der Waals surface area contributed by atoms with Gasteiger partial charge in [-0.25, -0.2) is 0 Å². The lowest BCUT2D eigenvalue weighted by molar-refractivity contribution is 0.0938. The van der Waals surface area contributed by atoms with E-state index in [1.165, 1.54) is 12.7 Å². The number of ether oxygens (including phenoxy) is 2. The SMILES string of the molecule is CCOc1c(Cl)cc(C(=O)NC(C)CCc2ccccc2)cc1OC. The predicted molar refractivity (Wildman–Crippen MR) is 101 cm³/mol. The van der Waals surface area contributed by atoms with E-state index in [-0.39, 0.29) is 11.9 Å². The lowest BCUT2D eigenvalue weighted by atomic mass is 10.1. The molecule has 1 amide bonds. The number of hydrogen-bond donors (Lipinski definition) is 1. The topological polar surface area (TPSA) is 47.6 Å². The van der Waals surface area contributed by atoms with E-state index in [1.807, 2.05) is 32.0 Å². The average Bonchev–Trinajstić information content (AvgIpc) is 2.62. The molecule has 0 aliphatic rings. The number of hydrogen-bond acceptors (Lipinski definition) is 3. The summed E-state index contributed by atoms with van der Waals surface area (Å²) in [6.45, 7) is 4.33. The lowest BCUT2D eigenvalue weighted by Gasteiger charge is -2.16. The number of methoxy groups -OCH3 is 1. The molecule has 2 rings (SSSR count). The summed E-state index contributed by atoms with van der Waals surface area (Å²) in [7, 11) is 1.53. The van der Waals surface area contributed by atoms with Crippen molar-refractivity contribution in [1.82, 2.24) is 5.32 Å². The summed E-state index contributed by atoms with van der Waals surface area (Å²) in [5.74, 6) is 0.737. The van der Waals surface area contributed by atoms with Crippen LogP contribution in [-0.4, -0.2) is 25.7 Å². The van der Waals surface area contributed by atoms with Crippen LogP contribution in [0.25, 0.3) is 0 Å². The maximum atomic E-state index is 12.5. The third-order valence-corrected chi connectivity index (χ3v) is 4.15. The molecule has 0 bridgehead atoms. The summed E-state index contributed by atoms with van der Waals surface area (Å²) >= 11 is 6.23. The van der Waals surface area contributed by atoms with Crippen molar-refractivity contribution in [2.45, 2.75) is 32.7 Å². The quantitative estimate of drug-likeness (QED) is 0.753. The van der Waals surface area contributed by atoms with Gasteiger partial charge in [-0.15, -0.1) is 0 Å². The number of carbonyl (C=O) groups is 1. The van der Waals surface area contributed by atoms with Gasteiger partial charge >= 0.3 is 0 Å². The number of halogens is 1. The zero-order chi connectivity index (χ0) is 18.2. The highest BCUT2D eigenvalue weighted by atomic mass is 35.5. The van der Waals surface area contributed by atoms with Crippen molar-refractivity contribution in [2.75, 3.05) is 13.7 Å². The average molecular weight is 362 g/mol. The molecule has 2 aromatic rings. The number of carbonyl (C=O) groups excluding carboxylic acids is 1. The molecule has 0 aliphatic heterocycles. The first kappa shape index (κ1) is 19.1. The standard InChI is InChI=1S/C20H24ClNO3/c1-4-25-19-17(21)12-16(13-18(19)24-3)20(23)22-14(2)10-11-15-8-6-5-7-9-15/h5-9,12-14H,4,10-11H2,1-3H3,(H,22,23). The van der Waals surface area contributed by atoms with Crippen LogP contribution in [0.15, 0.2) is 42.5 Å². The van der Waals surface area contributed by atoms with Crippen molar-refractivity contribution >= 4 is 17.5 Å². The molecule has 25 heavy (non-hydrogen) atoms. The normalized spacial score (nSPS) is 11.7. The van der Waals surface area contributed by atoms with Gasteiger partial charge in [0.15, 0.2) is 11.5 Å². The Kier molecular flexibility index (Phi) is 7.14. The van der Waals surface area contributed by atoms with Crippen LogP contribution in [-0.2, 0) is 6.42 Å². The van der Waals surface area contributed by atoms with Crippen molar-refractivity contribution in [3.05, 3.63) is 58.6 Å². The van der Waals surface area contributed by atoms with Gasteiger partial charge in [-0.2, -0.15) is 0 Å². The largest absolute Gasteiger partial charge is 0.493 e. The predicted octanol–water partition coefficient (Wildman–Crippen LogP) is 4.50. The van der Waals surface area contributed by atoms with Gasteiger partial charge < -0.3 is 14.8 Å². The molecule has 1 N–H and O–H groups in total. The molecule has 4 nitrogen and oxygen atoms in total. The first-order chi connectivity index (χ1) is 12.0. The molecular weight excluding hydrogens is 338 g/mol. The number of aryl methyl sites for hydroxylation is 1. The Balaban J connectivity index is 2.01. The molecule has 0 aliphatic carbocycles. The highest BCUT2D eigenvalue weighted by molar-refractivity contribution is 6.32. The fourth-order valence-corrected chi connectivity index (χ4v) is 2.81. The molecule has 134 valence electrons. The monoisotopic (exact) mass is 361 g/mol. The van der Waals surface area contributed by atoms with E-state index in [2.05, 4.69) is 17.4 Å². The molecule has 0 spiro atoms. The zero-order valence-corrected chi connectivity index (χ0v) is 15.6. The van der Waals surface area contributed by atoms with Gasteiger partial charge in [0, 0.05) is 11.6 Å². The van der Waals surface area contributed by atoms with E-state index in [9.17, 15) is 4.79 Å². The van der Waals surface area contributed by atoms with E-state index in [0.29, 0.717) is 28.7 Å². The van der Waals surface area contributed by atoms with Crippen LogP contribution in [0.4, 0.5) is 0 Å². The van der Waals surface area contributed by atoms with Crippen LogP contribution in [0.5, 0.6) is 11.5 Å². The molecule has 0 saturated carbocycles. The van der Waals surface area contributed by atoms with Crippen LogP contribution in [0.3, 0.4) is 0 Å². The molecule has 0 radical (unpaired) electrons. The van der Waals surface area contributed by atoms with Gasteiger partial charge in [-0.3, -0.25) is 4.79 Å². The molecule has 0 aromatic heterocycles. The highest BCUT2D eigenvalue weighted by Crippen LogP contribution is 2.36. The molecule has 0 heterocycles. The fourth-order valence-electron chi connectivity index (χ4n) is 2.54. The van der Waals surface area contributed by atoms with Crippen molar-refractivity contribution in [1.29, 1.82) is 0 Å². The number of amides is 1. The maximum Gasteiger partial charge on any atom is 0.251 e. The third-order valence-electron chi connectivity index (χ3n) is 3.87. The molecule has 5 heteroatoms.